The van der Waals surface area contributed by atoms with Crippen molar-refractivity contribution in [2.45, 2.75) is 50.5 Å². The molecule has 2 rings (SSSR count). The molecule has 1 amide bonds. The number of carbonyl (C=O) groups is 1. The fraction of sp³-hybridized carbons (Fsp3) is 0.909. The molecule has 0 aliphatic heterocycles. The predicted molar refractivity (Wildman–Crippen MR) is 55.7 cm³/mol. The van der Waals surface area contributed by atoms with Gasteiger partial charge in [0.1, 0.15) is 0 Å². The van der Waals surface area contributed by atoms with E-state index in [0.29, 0.717) is 12.5 Å². The number of hydrogen-bond donors (Lipinski definition) is 2. The molecule has 0 atom stereocenters. The van der Waals surface area contributed by atoms with Crippen LogP contribution in [0.2, 0.25) is 0 Å². The van der Waals surface area contributed by atoms with E-state index in [4.69, 9.17) is 5.73 Å². The zero-order chi connectivity index (χ0) is 10.0. The van der Waals surface area contributed by atoms with Crippen LogP contribution in [0.15, 0.2) is 0 Å². The van der Waals surface area contributed by atoms with Crippen LogP contribution in [0.1, 0.15) is 44.9 Å². The molecule has 0 aromatic rings. The van der Waals surface area contributed by atoms with E-state index < -0.39 is 0 Å². The summed E-state index contributed by atoms with van der Waals surface area (Å²) in [7, 11) is 0. The van der Waals surface area contributed by atoms with Crippen molar-refractivity contribution < 1.29 is 4.79 Å². The maximum Gasteiger partial charge on any atom is 0.220 e. The van der Waals surface area contributed by atoms with Crippen molar-refractivity contribution in [3.63, 3.8) is 0 Å². The Morgan fingerprint density at radius 1 is 1.36 bits per heavy atom. The van der Waals surface area contributed by atoms with Gasteiger partial charge in [0.05, 0.1) is 0 Å². The Labute approximate surface area is 85.4 Å². The van der Waals surface area contributed by atoms with Crippen molar-refractivity contribution in [2.24, 2.45) is 11.7 Å². The topological polar surface area (TPSA) is 55.1 Å². The first-order valence-electron chi connectivity index (χ1n) is 5.74. The first kappa shape index (κ1) is 9.97. The summed E-state index contributed by atoms with van der Waals surface area (Å²) in [5.41, 5.74) is 5.94. The third-order valence-electron chi connectivity index (χ3n) is 3.69. The third kappa shape index (κ3) is 2.27. The Morgan fingerprint density at radius 2 is 2.07 bits per heavy atom. The van der Waals surface area contributed by atoms with E-state index in [1.165, 1.54) is 25.7 Å². The van der Waals surface area contributed by atoms with Crippen LogP contribution < -0.4 is 11.1 Å². The van der Waals surface area contributed by atoms with Crippen LogP contribution in [-0.4, -0.2) is 18.0 Å². The van der Waals surface area contributed by atoms with Gasteiger partial charge in [0, 0.05) is 18.5 Å². The summed E-state index contributed by atoms with van der Waals surface area (Å²) < 4.78 is 0. The van der Waals surface area contributed by atoms with Crippen LogP contribution in [0.25, 0.3) is 0 Å². The maximum atomic E-state index is 11.5. The molecule has 0 unspecified atom stereocenters. The Morgan fingerprint density at radius 3 is 2.50 bits per heavy atom. The van der Waals surface area contributed by atoms with Crippen molar-refractivity contribution in [2.75, 3.05) is 6.54 Å². The molecule has 0 aromatic heterocycles. The molecular formula is C11H20N2O. The predicted octanol–water partition coefficient (Wildman–Crippen LogP) is 1.17. The van der Waals surface area contributed by atoms with Crippen LogP contribution in [0, 0.1) is 5.92 Å². The molecule has 3 heteroatoms. The highest BCUT2D eigenvalue weighted by Crippen LogP contribution is 2.30. The summed E-state index contributed by atoms with van der Waals surface area (Å²) in [6.45, 7) is 0.679. The fourth-order valence-corrected chi connectivity index (χ4v) is 2.11. The number of carbonyl (C=O) groups excluding carboxylic acids is 1. The van der Waals surface area contributed by atoms with Crippen LogP contribution >= 0.6 is 0 Å². The molecule has 0 saturated heterocycles. The highest BCUT2D eigenvalue weighted by molar-refractivity contribution is 5.76. The van der Waals surface area contributed by atoms with E-state index in [1.54, 1.807) is 0 Å². The number of hydrogen-bond acceptors (Lipinski definition) is 2. The van der Waals surface area contributed by atoms with Crippen LogP contribution in [0.5, 0.6) is 0 Å². The molecule has 2 saturated carbocycles. The normalized spacial score (nSPS) is 24.9. The first-order valence-corrected chi connectivity index (χ1v) is 5.74. The van der Waals surface area contributed by atoms with E-state index in [9.17, 15) is 4.79 Å². The molecule has 14 heavy (non-hydrogen) atoms. The zero-order valence-corrected chi connectivity index (χ0v) is 8.72. The van der Waals surface area contributed by atoms with Crippen molar-refractivity contribution in [1.29, 1.82) is 0 Å². The lowest BCUT2D eigenvalue weighted by Crippen LogP contribution is -2.55. The van der Waals surface area contributed by atoms with E-state index >= 15 is 0 Å². The summed E-state index contributed by atoms with van der Waals surface area (Å²) >= 11 is 0. The van der Waals surface area contributed by atoms with E-state index in [-0.39, 0.29) is 11.4 Å². The maximum absolute atomic E-state index is 11.5. The molecule has 2 aliphatic carbocycles. The molecule has 3 N–H and O–H groups in total. The van der Waals surface area contributed by atoms with Crippen LogP contribution in [0.3, 0.4) is 0 Å². The molecule has 3 nitrogen and oxygen atoms in total. The lowest BCUT2D eigenvalue weighted by atomic mass is 9.77. The Balaban J connectivity index is 1.61. The minimum atomic E-state index is -0.0741. The quantitative estimate of drug-likeness (QED) is 0.709. The highest BCUT2D eigenvalue weighted by Gasteiger charge is 2.32. The van der Waals surface area contributed by atoms with Gasteiger partial charge in [-0.1, -0.05) is 6.42 Å². The number of amides is 1. The minimum Gasteiger partial charge on any atom is -0.354 e. The average Bonchev–Trinajstić information content (AvgIpc) is 2.05. The van der Waals surface area contributed by atoms with Crippen LogP contribution in [0.4, 0.5) is 0 Å². The number of nitrogens with one attached hydrogen (secondary N) is 1. The summed E-state index contributed by atoms with van der Waals surface area (Å²) in [5, 5.41) is 2.96. The minimum absolute atomic E-state index is 0.0741. The van der Waals surface area contributed by atoms with Gasteiger partial charge in [-0.2, -0.15) is 0 Å². The number of rotatable bonds is 4. The van der Waals surface area contributed by atoms with Gasteiger partial charge >= 0.3 is 0 Å². The summed E-state index contributed by atoms with van der Waals surface area (Å²) in [6.07, 6.45) is 7.85. The Kier molecular flexibility index (Phi) is 2.77. The zero-order valence-electron chi connectivity index (χ0n) is 8.72. The van der Waals surface area contributed by atoms with Gasteiger partial charge in [-0.25, -0.2) is 0 Å². The lowest BCUT2D eigenvalue weighted by Gasteiger charge is -2.38. The second kappa shape index (κ2) is 3.89. The van der Waals surface area contributed by atoms with Crippen molar-refractivity contribution >= 4 is 5.91 Å². The molecule has 0 aromatic carbocycles. The van der Waals surface area contributed by atoms with Crippen molar-refractivity contribution in [1.82, 2.24) is 5.32 Å². The first-order chi connectivity index (χ1) is 6.68. The molecule has 0 spiro atoms. The second-order valence-corrected chi connectivity index (χ2v) is 4.99. The Hall–Kier alpha value is -0.570. The third-order valence-corrected chi connectivity index (χ3v) is 3.69. The second-order valence-electron chi connectivity index (χ2n) is 4.99. The standard InChI is InChI=1S/C11H20N2O/c12-11(5-2-6-11)8-13-10(14)7-9-3-1-4-9/h9H,1-8,12H2,(H,13,14). The molecule has 80 valence electrons. The van der Waals surface area contributed by atoms with Gasteiger partial charge < -0.3 is 11.1 Å². The molecule has 0 heterocycles. The van der Waals surface area contributed by atoms with E-state index in [2.05, 4.69) is 5.32 Å². The Bertz CT molecular complexity index is 219. The van der Waals surface area contributed by atoms with Crippen LogP contribution in [-0.2, 0) is 4.79 Å². The highest BCUT2D eigenvalue weighted by atomic mass is 16.1. The fourth-order valence-electron chi connectivity index (χ4n) is 2.11. The van der Waals surface area contributed by atoms with Crippen molar-refractivity contribution in [3.8, 4) is 0 Å². The summed E-state index contributed by atoms with van der Waals surface area (Å²) in [6, 6.07) is 0. The largest absolute Gasteiger partial charge is 0.354 e. The SMILES string of the molecule is NC1(CNC(=O)CC2CCC2)CCC1. The number of nitrogens with two attached hydrogens (primary N) is 1. The summed E-state index contributed by atoms with van der Waals surface area (Å²) in [4.78, 5) is 11.5. The monoisotopic (exact) mass is 196 g/mol. The van der Waals surface area contributed by atoms with E-state index in [1.807, 2.05) is 0 Å². The van der Waals surface area contributed by atoms with Gasteiger partial charge in [0.15, 0.2) is 0 Å². The van der Waals surface area contributed by atoms with E-state index in [0.717, 1.165) is 19.3 Å². The molecule has 0 bridgehead atoms. The van der Waals surface area contributed by atoms with Gasteiger partial charge in [-0.15, -0.1) is 0 Å². The molecular weight excluding hydrogens is 176 g/mol. The average molecular weight is 196 g/mol. The van der Waals surface area contributed by atoms with Gasteiger partial charge in [-0.3, -0.25) is 4.79 Å². The van der Waals surface area contributed by atoms with Gasteiger partial charge in [0.2, 0.25) is 5.91 Å². The molecule has 2 aliphatic rings. The molecule has 2 fully saturated rings. The summed E-state index contributed by atoms with van der Waals surface area (Å²) in [5.74, 6) is 0.858. The smallest absolute Gasteiger partial charge is 0.220 e. The molecule has 0 radical (unpaired) electrons. The van der Waals surface area contributed by atoms with Gasteiger partial charge in [-0.05, 0) is 38.0 Å². The van der Waals surface area contributed by atoms with Gasteiger partial charge in [0.25, 0.3) is 0 Å². The lowest BCUT2D eigenvalue weighted by molar-refractivity contribution is -0.123. The van der Waals surface area contributed by atoms with Crippen molar-refractivity contribution in [3.05, 3.63) is 0 Å².